The van der Waals surface area contributed by atoms with Crippen LogP contribution in [-0.4, -0.2) is 75.5 Å². The van der Waals surface area contributed by atoms with Crippen LogP contribution in [0, 0.1) is 46.3 Å². The zero-order valence-electron chi connectivity index (χ0n) is 62.3. The highest BCUT2D eigenvalue weighted by Crippen LogP contribution is 2.22. The summed E-state index contributed by atoms with van der Waals surface area (Å²) in [5.41, 5.74) is 65.9. The van der Waals surface area contributed by atoms with E-state index >= 15 is 0 Å². The Morgan fingerprint density at radius 2 is 0.762 bits per heavy atom. The average Bonchev–Trinajstić information content (AvgIpc) is 3.89. The largest absolute Gasteiger partial charge is 0.330 e. The number of hydrogen-bond acceptors (Lipinski definition) is 12. The third-order valence-corrected chi connectivity index (χ3v) is 14.6. The number of nitrogens with two attached hydrogens (primary N) is 12. The Hall–Kier alpha value is -0.480. The van der Waals surface area contributed by atoms with Crippen LogP contribution < -0.4 is 68.8 Å². The van der Waals surface area contributed by atoms with Gasteiger partial charge in [-0.2, -0.15) is 0 Å². The molecule has 0 bridgehead atoms. The lowest BCUT2D eigenvalue weighted by molar-refractivity contribution is 0.340. The van der Waals surface area contributed by atoms with Crippen molar-refractivity contribution in [2.75, 3.05) is 39.3 Å². The van der Waals surface area contributed by atoms with Crippen molar-refractivity contribution in [2.45, 2.75) is 381 Å². The highest BCUT2D eigenvalue weighted by Gasteiger charge is 2.14. The van der Waals surface area contributed by atoms with Crippen molar-refractivity contribution >= 4 is 0 Å². The summed E-state index contributed by atoms with van der Waals surface area (Å²) in [5, 5.41) is 0. The van der Waals surface area contributed by atoms with Crippen LogP contribution >= 0.6 is 0 Å². The van der Waals surface area contributed by atoms with Gasteiger partial charge in [0.2, 0.25) is 0 Å². The normalized spacial score (nSPS) is 15.9. The summed E-state index contributed by atoms with van der Waals surface area (Å²) in [6, 6.07) is 2.55. The summed E-state index contributed by atoms with van der Waals surface area (Å²) in [4.78, 5) is 0. The molecule has 0 aliphatic heterocycles. The van der Waals surface area contributed by atoms with Gasteiger partial charge in [-0.1, -0.05) is 221 Å². The fraction of sp³-hybridized carbons (Fsp3) is 1.00. The zero-order valence-corrected chi connectivity index (χ0v) is 62.3. The molecule has 0 aromatic carbocycles. The van der Waals surface area contributed by atoms with Gasteiger partial charge in [0.1, 0.15) is 0 Å². The van der Waals surface area contributed by atoms with Gasteiger partial charge in [0.25, 0.3) is 0 Å². The van der Waals surface area contributed by atoms with Crippen LogP contribution in [0.3, 0.4) is 0 Å². The molecule has 3 rings (SSSR count). The summed E-state index contributed by atoms with van der Waals surface area (Å²) < 4.78 is 0. The second kappa shape index (κ2) is 78.6. The van der Waals surface area contributed by atoms with Gasteiger partial charge in [0.15, 0.2) is 0 Å². The molecule has 0 spiro atoms. The lowest BCUT2D eigenvalue weighted by Gasteiger charge is -2.22. The van der Waals surface area contributed by atoms with Crippen molar-refractivity contribution in [1.29, 1.82) is 0 Å². The van der Waals surface area contributed by atoms with E-state index in [0.29, 0.717) is 47.6 Å². The molecule has 3 aliphatic carbocycles. The Morgan fingerprint density at radius 3 is 0.917 bits per heavy atom. The maximum absolute atomic E-state index is 5.63. The van der Waals surface area contributed by atoms with Gasteiger partial charge < -0.3 is 68.8 Å². The van der Waals surface area contributed by atoms with Crippen molar-refractivity contribution in [1.82, 2.24) is 0 Å². The molecule has 522 valence electrons. The van der Waals surface area contributed by atoms with E-state index in [9.17, 15) is 0 Å². The fourth-order valence-electron chi connectivity index (χ4n) is 7.60. The van der Waals surface area contributed by atoms with E-state index < -0.39 is 0 Å². The average molecular weight is 1210 g/mol. The zero-order chi connectivity index (χ0) is 67.4. The van der Waals surface area contributed by atoms with Crippen molar-refractivity contribution in [3.05, 3.63) is 0 Å². The highest BCUT2D eigenvalue weighted by molar-refractivity contribution is 4.71. The molecule has 3 saturated carbocycles. The Labute approximate surface area is 533 Å². The maximum atomic E-state index is 5.63. The minimum atomic E-state index is 0.278. The van der Waals surface area contributed by atoms with E-state index in [2.05, 4.69) is 138 Å². The first-order valence-corrected chi connectivity index (χ1v) is 35.8. The van der Waals surface area contributed by atoms with Crippen molar-refractivity contribution in [2.24, 2.45) is 115 Å². The van der Waals surface area contributed by atoms with E-state index in [4.69, 9.17) is 68.8 Å². The first-order valence-electron chi connectivity index (χ1n) is 35.8. The Kier molecular flexibility index (Phi) is 95.8. The van der Waals surface area contributed by atoms with E-state index in [-0.39, 0.29) is 5.41 Å². The van der Waals surface area contributed by atoms with Crippen molar-refractivity contribution in [3.8, 4) is 0 Å². The molecular formula is C72H174N12. The van der Waals surface area contributed by atoms with Crippen LogP contribution in [0.5, 0.6) is 0 Å². The lowest BCUT2D eigenvalue weighted by atomic mass is 9.89. The second-order valence-electron chi connectivity index (χ2n) is 29.4. The minimum absolute atomic E-state index is 0.278. The lowest BCUT2D eigenvalue weighted by Crippen LogP contribution is -2.31. The maximum Gasteiger partial charge on any atom is 0.00591 e. The van der Waals surface area contributed by atoms with Crippen LogP contribution in [0.4, 0.5) is 0 Å². The van der Waals surface area contributed by atoms with Crippen molar-refractivity contribution in [3.63, 3.8) is 0 Å². The molecular weight excluding hydrogens is 1030 g/mol. The molecule has 12 heteroatoms. The summed E-state index contributed by atoms with van der Waals surface area (Å²) in [7, 11) is 0. The molecule has 0 aromatic heterocycles. The first-order chi connectivity index (χ1) is 39.0. The number of rotatable bonds is 22. The Bertz CT molecular complexity index is 1050. The summed E-state index contributed by atoms with van der Waals surface area (Å²) >= 11 is 0. The van der Waals surface area contributed by atoms with E-state index in [0.717, 1.165) is 94.5 Å². The molecule has 24 N–H and O–H groups in total. The topological polar surface area (TPSA) is 312 Å². The van der Waals surface area contributed by atoms with Gasteiger partial charge in [-0.25, -0.2) is 0 Å². The molecule has 0 heterocycles. The van der Waals surface area contributed by atoms with Crippen LogP contribution in [0.1, 0.15) is 345 Å². The minimum Gasteiger partial charge on any atom is -0.330 e. The molecule has 84 heavy (non-hydrogen) atoms. The highest BCUT2D eigenvalue weighted by atomic mass is 14.7. The molecule has 5 unspecified atom stereocenters. The molecule has 3 fully saturated rings. The monoisotopic (exact) mass is 1210 g/mol. The molecule has 0 saturated heterocycles. The van der Waals surface area contributed by atoms with Gasteiger partial charge in [-0.15, -0.1) is 0 Å². The third kappa shape index (κ3) is 131. The van der Waals surface area contributed by atoms with Crippen LogP contribution in [0.15, 0.2) is 0 Å². The molecule has 5 atom stereocenters. The standard InChI is InChI=1S/C7H15N.2C7H17N.C6H13N.5C6H15N.C5H11N.2C5H13N/c8-6-7-4-2-1-3-5-7;1-6(2)4-5-7(3)8;1-3-4-5-6-7(2)8;7-6-4-2-1-3-5-6;1-6(2,3)4-5-7;1-5(7)6(2,3)4;1-5(2)4-6(3)7;1-6(2)4-3-5-7;1-2-3-4-5-6-7;6-5-3-1-2-4-5;1-5(2)3-4-6;1-3-5(2)4-6/h7H,1-6,8H2;6-7H,4-5,8H2,1-3H3;7H,3-6,8H2,1-2H3;6H,1-5,7H2;4-5,7H2,1-3H3;5H,7H2,1-4H3;5-6H,4,7H2,1-3H3;6H,3-5,7H2,1-2H3;2-7H2,1H3;5H,1-4,6H2;2*5H,3-4,6H2,1-2H3. The summed E-state index contributed by atoms with van der Waals surface area (Å²) in [5.74, 6) is 4.73. The Balaban J connectivity index is -0.000000104. The van der Waals surface area contributed by atoms with E-state index in [1.807, 2.05) is 13.8 Å². The fourth-order valence-corrected chi connectivity index (χ4v) is 7.60. The van der Waals surface area contributed by atoms with Gasteiger partial charge in [-0.05, 0) is 210 Å². The van der Waals surface area contributed by atoms with Gasteiger partial charge >= 0.3 is 0 Å². The summed E-state index contributed by atoms with van der Waals surface area (Å²) in [6.07, 6.45) is 38.7. The van der Waals surface area contributed by atoms with Crippen molar-refractivity contribution < 1.29 is 0 Å². The predicted molar refractivity (Wildman–Crippen MR) is 391 cm³/mol. The van der Waals surface area contributed by atoms with Crippen LogP contribution in [-0.2, 0) is 0 Å². The van der Waals surface area contributed by atoms with Gasteiger partial charge in [-0.3, -0.25) is 0 Å². The van der Waals surface area contributed by atoms with E-state index in [1.165, 1.54) is 167 Å². The van der Waals surface area contributed by atoms with Crippen LogP contribution in [0.2, 0.25) is 0 Å². The van der Waals surface area contributed by atoms with Crippen LogP contribution in [0.25, 0.3) is 0 Å². The van der Waals surface area contributed by atoms with E-state index in [1.54, 1.807) is 0 Å². The second-order valence-corrected chi connectivity index (χ2v) is 29.4. The van der Waals surface area contributed by atoms with Gasteiger partial charge in [0.05, 0.1) is 0 Å². The molecule has 12 nitrogen and oxygen atoms in total. The summed E-state index contributed by atoms with van der Waals surface area (Å²) in [6.45, 7) is 52.6. The third-order valence-electron chi connectivity index (χ3n) is 14.6. The molecule has 3 aliphatic rings. The quantitative estimate of drug-likeness (QED) is 0.0450. The SMILES string of the molecule is CC(C)(C)CCN.CC(C)CC(C)N.CC(C)CCC(C)N.CC(C)CCCN.CC(C)CCN.CC(N)C(C)(C)C.CCC(C)CN.CCCCCC(C)N.CCCCCCN.NC1CCCC1.NC1CCCCC1.NCC1CCCCC1. The Morgan fingerprint density at radius 1 is 0.381 bits per heavy atom. The number of unbranched alkanes of at least 4 members (excludes halogenated alkanes) is 5. The smallest absolute Gasteiger partial charge is 0.00591 e. The molecule has 0 amide bonds. The first kappa shape index (κ1) is 102. The van der Waals surface area contributed by atoms with Gasteiger partial charge in [0, 0.05) is 36.3 Å². The molecule has 0 radical (unpaired) electrons. The molecule has 0 aromatic rings. The number of hydrogen-bond donors (Lipinski definition) is 12. The predicted octanol–water partition coefficient (Wildman–Crippen LogP) is 16.4.